The van der Waals surface area contributed by atoms with Crippen molar-refractivity contribution in [2.45, 2.75) is 12.8 Å². The molecule has 1 aromatic heterocycles. The third-order valence-electron chi connectivity index (χ3n) is 3.13. The van der Waals surface area contributed by atoms with Crippen LogP contribution in [0.3, 0.4) is 0 Å². The minimum absolute atomic E-state index is 0.121. The first-order chi connectivity index (χ1) is 10.2. The quantitative estimate of drug-likeness (QED) is 0.798. The van der Waals surface area contributed by atoms with Gasteiger partial charge in [0.1, 0.15) is 11.6 Å². The zero-order valence-corrected chi connectivity index (χ0v) is 11.2. The molecule has 0 aliphatic rings. The molecule has 0 radical (unpaired) electrons. The van der Waals surface area contributed by atoms with E-state index in [1.807, 2.05) is 30.3 Å². The maximum absolute atomic E-state index is 13.7. The summed E-state index contributed by atoms with van der Waals surface area (Å²) in [6, 6.07) is 13.8. The fraction of sp³-hybridized carbons (Fsp3) is 0.125. The van der Waals surface area contributed by atoms with Crippen LogP contribution in [0.15, 0.2) is 53.1 Å². The lowest BCUT2D eigenvalue weighted by Crippen LogP contribution is -1.93. The topological polar surface area (TPSA) is 59.2 Å². The highest BCUT2D eigenvalue weighted by Crippen LogP contribution is 2.24. The van der Waals surface area contributed by atoms with E-state index in [1.165, 1.54) is 17.7 Å². The number of hydrogen-bond donors (Lipinski definition) is 1. The van der Waals surface area contributed by atoms with E-state index in [4.69, 9.17) is 4.52 Å². The largest absolute Gasteiger partial charge is 0.508 e. The van der Waals surface area contributed by atoms with Crippen molar-refractivity contribution in [3.8, 4) is 17.2 Å². The molecule has 0 spiro atoms. The molecule has 2 aromatic carbocycles. The van der Waals surface area contributed by atoms with Crippen molar-refractivity contribution in [2.24, 2.45) is 0 Å². The third kappa shape index (κ3) is 3.08. The van der Waals surface area contributed by atoms with E-state index in [-0.39, 0.29) is 17.2 Å². The number of halogens is 1. The second kappa shape index (κ2) is 5.75. The Morgan fingerprint density at radius 3 is 2.62 bits per heavy atom. The monoisotopic (exact) mass is 284 g/mol. The molecule has 21 heavy (non-hydrogen) atoms. The summed E-state index contributed by atoms with van der Waals surface area (Å²) in [6.07, 6.45) is 1.41. The van der Waals surface area contributed by atoms with Gasteiger partial charge in [-0.3, -0.25) is 0 Å². The molecule has 0 saturated heterocycles. The minimum Gasteiger partial charge on any atom is -0.508 e. The van der Waals surface area contributed by atoms with Crippen LogP contribution >= 0.6 is 0 Å². The average molecular weight is 284 g/mol. The van der Waals surface area contributed by atoms with Crippen molar-refractivity contribution >= 4 is 0 Å². The van der Waals surface area contributed by atoms with E-state index in [9.17, 15) is 9.50 Å². The number of aromatic nitrogens is 2. The first-order valence-corrected chi connectivity index (χ1v) is 6.58. The molecule has 0 atom stereocenters. The fourth-order valence-electron chi connectivity index (χ4n) is 2.04. The number of nitrogens with zero attached hydrogens (tertiary/aromatic N) is 2. The SMILES string of the molecule is Oc1ccc(-c2nc(CCc3ccccc3)no2)c(F)c1. The van der Waals surface area contributed by atoms with Gasteiger partial charge in [0.05, 0.1) is 5.56 Å². The van der Waals surface area contributed by atoms with E-state index in [2.05, 4.69) is 10.1 Å². The normalized spacial score (nSPS) is 10.7. The Balaban J connectivity index is 1.74. The Morgan fingerprint density at radius 1 is 1.05 bits per heavy atom. The predicted molar refractivity (Wildman–Crippen MR) is 75.2 cm³/mol. The molecular weight excluding hydrogens is 271 g/mol. The molecule has 0 saturated carbocycles. The highest BCUT2D eigenvalue weighted by Gasteiger charge is 2.13. The summed E-state index contributed by atoms with van der Waals surface area (Å²) in [5.74, 6) is -0.0785. The highest BCUT2D eigenvalue weighted by molar-refractivity contribution is 5.55. The molecule has 3 aromatic rings. The maximum atomic E-state index is 13.7. The van der Waals surface area contributed by atoms with Crippen LogP contribution in [0.2, 0.25) is 0 Å². The van der Waals surface area contributed by atoms with Gasteiger partial charge >= 0.3 is 0 Å². The van der Waals surface area contributed by atoms with E-state index in [0.29, 0.717) is 12.2 Å². The zero-order chi connectivity index (χ0) is 14.7. The number of phenolic OH excluding ortho intramolecular Hbond substituents is 1. The van der Waals surface area contributed by atoms with Crippen LogP contribution in [0, 0.1) is 5.82 Å². The van der Waals surface area contributed by atoms with Gasteiger partial charge in [-0.2, -0.15) is 4.98 Å². The van der Waals surface area contributed by atoms with Crippen molar-refractivity contribution in [3.63, 3.8) is 0 Å². The smallest absolute Gasteiger partial charge is 0.260 e. The number of aromatic hydroxyl groups is 1. The Bertz CT molecular complexity index is 741. The molecule has 0 aliphatic carbocycles. The van der Waals surface area contributed by atoms with Gasteiger partial charge in [0.2, 0.25) is 0 Å². The van der Waals surface area contributed by atoms with Gasteiger partial charge in [-0.25, -0.2) is 4.39 Å². The van der Waals surface area contributed by atoms with Gasteiger partial charge in [0.25, 0.3) is 5.89 Å². The molecule has 4 nitrogen and oxygen atoms in total. The fourth-order valence-corrected chi connectivity index (χ4v) is 2.04. The Kier molecular flexibility index (Phi) is 3.64. The molecule has 0 bridgehead atoms. The van der Waals surface area contributed by atoms with Crippen molar-refractivity contribution in [1.29, 1.82) is 0 Å². The van der Waals surface area contributed by atoms with Crippen LogP contribution in [-0.2, 0) is 12.8 Å². The molecule has 3 rings (SSSR count). The van der Waals surface area contributed by atoms with Crippen molar-refractivity contribution in [1.82, 2.24) is 10.1 Å². The molecule has 1 N–H and O–H groups in total. The summed E-state index contributed by atoms with van der Waals surface area (Å²) in [5, 5.41) is 13.0. The van der Waals surface area contributed by atoms with Gasteiger partial charge in [-0.15, -0.1) is 0 Å². The number of hydrogen-bond acceptors (Lipinski definition) is 4. The summed E-state index contributed by atoms with van der Waals surface area (Å²) in [4.78, 5) is 4.19. The second-order valence-electron chi connectivity index (χ2n) is 4.67. The van der Waals surface area contributed by atoms with Crippen LogP contribution in [0.4, 0.5) is 4.39 Å². The Labute approximate surface area is 120 Å². The summed E-state index contributed by atoms with van der Waals surface area (Å²) < 4.78 is 18.8. The number of benzene rings is 2. The lowest BCUT2D eigenvalue weighted by molar-refractivity contribution is 0.419. The first kappa shape index (κ1) is 13.3. The summed E-state index contributed by atoms with van der Waals surface area (Å²) >= 11 is 0. The maximum Gasteiger partial charge on any atom is 0.260 e. The lowest BCUT2D eigenvalue weighted by atomic mass is 10.1. The van der Waals surface area contributed by atoms with E-state index < -0.39 is 5.82 Å². The highest BCUT2D eigenvalue weighted by atomic mass is 19.1. The average Bonchev–Trinajstić information content (AvgIpc) is 2.95. The Morgan fingerprint density at radius 2 is 1.86 bits per heavy atom. The molecule has 1 heterocycles. The summed E-state index contributed by atoms with van der Waals surface area (Å²) in [7, 11) is 0. The number of rotatable bonds is 4. The predicted octanol–water partition coefficient (Wildman–Crippen LogP) is 3.37. The molecular formula is C16H13FN2O2. The zero-order valence-electron chi connectivity index (χ0n) is 11.2. The van der Waals surface area contributed by atoms with Crippen molar-refractivity contribution in [3.05, 3.63) is 65.7 Å². The van der Waals surface area contributed by atoms with Crippen molar-refractivity contribution < 1.29 is 14.0 Å². The van der Waals surface area contributed by atoms with Gasteiger partial charge in [-0.05, 0) is 24.1 Å². The minimum atomic E-state index is -0.590. The third-order valence-corrected chi connectivity index (χ3v) is 3.13. The number of aryl methyl sites for hydroxylation is 2. The number of phenols is 1. The lowest BCUT2D eigenvalue weighted by Gasteiger charge is -1.98. The van der Waals surface area contributed by atoms with Gasteiger partial charge in [0, 0.05) is 12.5 Å². The van der Waals surface area contributed by atoms with Crippen molar-refractivity contribution in [2.75, 3.05) is 0 Å². The summed E-state index contributed by atoms with van der Waals surface area (Å²) in [6.45, 7) is 0. The first-order valence-electron chi connectivity index (χ1n) is 6.58. The van der Waals surface area contributed by atoms with Crippen LogP contribution in [0.25, 0.3) is 11.5 Å². The molecule has 0 fully saturated rings. The van der Waals surface area contributed by atoms with Gasteiger partial charge < -0.3 is 9.63 Å². The van der Waals surface area contributed by atoms with Gasteiger partial charge in [0.15, 0.2) is 5.82 Å². The molecule has 106 valence electrons. The van der Waals surface area contributed by atoms with Crippen LogP contribution in [0.5, 0.6) is 5.75 Å². The summed E-state index contributed by atoms with van der Waals surface area (Å²) in [5.41, 5.74) is 1.37. The Hall–Kier alpha value is -2.69. The van der Waals surface area contributed by atoms with Gasteiger partial charge in [-0.1, -0.05) is 35.5 Å². The molecule has 0 aliphatic heterocycles. The standard InChI is InChI=1S/C16H13FN2O2/c17-14-10-12(20)7-8-13(14)16-18-15(19-21-16)9-6-11-4-2-1-3-5-11/h1-5,7-8,10,20H,6,9H2. The van der Waals surface area contributed by atoms with E-state index >= 15 is 0 Å². The van der Waals surface area contributed by atoms with Crippen LogP contribution in [-0.4, -0.2) is 15.2 Å². The van der Waals surface area contributed by atoms with E-state index in [0.717, 1.165) is 12.5 Å². The molecule has 0 unspecified atom stereocenters. The van der Waals surface area contributed by atoms with Crippen LogP contribution < -0.4 is 0 Å². The van der Waals surface area contributed by atoms with E-state index in [1.54, 1.807) is 0 Å². The molecule has 0 amide bonds. The molecule has 5 heteroatoms. The van der Waals surface area contributed by atoms with Crippen LogP contribution in [0.1, 0.15) is 11.4 Å². The second-order valence-corrected chi connectivity index (χ2v) is 4.67.